The van der Waals surface area contributed by atoms with Crippen LogP contribution in [0.25, 0.3) is 0 Å². The number of likely N-dealkylation sites (N-methyl/N-ethyl adjacent to an activating group) is 1. The maximum Gasteiger partial charge on any atom is 0.329 e. The van der Waals surface area contributed by atoms with E-state index in [2.05, 4.69) is 0 Å². The Kier molecular flexibility index (Phi) is 4.78. The molecule has 2 heterocycles. The highest BCUT2D eigenvalue weighted by Gasteiger charge is 2.38. The van der Waals surface area contributed by atoms with Gasteiger partial charge < -0.3 is 14.4 Å². The van der Waals surface area contributed by atoms with Gasteiger partial charge in [0, 0.05) is 26.2 Å². The molecule has 0 atom stereocenters. The van der Waals surface area contributed by atoms with E-state index in [1.165, 1.54) is 38.2 Å². The highest BCUT2D eigenvalue weighted by Crippen LogP contribution is 2.27. The minimum atomic E-state index is -3.71. The molecule has 1 fully saturated rings. The molecular formula is C15H22N2O6S. The number of sulfonamides is 1. The maximum atomic E-state index is 12.6. The highest BCUT2D eigenvalue weighted by atomic mass is 32.2. The number of carbonyl (C=O) groups excluding carboxylic acids is 1. The molecule has 2 rings (SSSR count). The molecule has 9 heteroatoms. The number of amides is 1. The van der Waals surface area contributed by atoms with E-state index in [1.807, 2.05) is 0 Å². The number of carboxylic acids is 1. The van der Waals surface area contributed by atoms with Gasteiger partial charge in [0.2, 0.25) is 10.0 Å². The number of carbonyl (C=O) groups is 2. The average molecular weight is 358 g/mol. The Morgan fingerprint density at radius 1 is 1.29 bits per heavy atom. The van der Waals surface area contributed by atoms with Gasteiger partial charge in [-0.05, 0) is 33.6 Å². The summed E-state index contributed by atoms with van der Waals surface area (Å²) in [5, 5.41) is 9.21. The van der Waals surface area contributed by atoms with E-state index in [0.717, 1.165) is 17.7 Å². The fourth-order valence-corrected chi connectivity index (χ4v) is 4.14. The van der Waals surface area contributed by atoms with Crippen molar-refractivity contribution in [3.63, 3.8) is 0 Å². The molecule has 8 nitrogen and oxygen atoms in total. The van der Waals surface area contributed by atoms with Crippen molar-refractivity contribution in [2.75, 3.05) is 20.1 Å². The smallest absolute Gasteiger partial charge is 0.329 e. The molecule has 1 amide bonds. The molecule has 0 radical (unpaired) electrons. The van der Waals surface area contributed by atoms with Crippen LogP contribution in [-0.2, 0) is 14.8 Å². The number of furan rings is 1. The van der Waals surface area contributed by atoms with E-state index in [1.54, 1.807) is 0 Å². The maximum absolute atomic E-state index is 12.6. The zero-order valence-electron chi connectivity index (χ0n) is 14.2. The molecule has 1 aliphatic rings. The van der Waals surface area contributed by atoms with Crippen molar-refractivity contribution in [3.8, 4) is 0 Å². The summed E-state index contributed by atoms with van der Waals surface area (Å²) in [6, 6.07) is 1.18. The van der Waals surface area contributed by atoms with Crippen molar-refractivity contribution in [3.05, 3.63) is 17.6 Å². The Hall–Kier alpha value is -1.87. The van der Waals surface area contributed by atoms with Gasteiger partial charge >= 0.3 is 5.97 Å². The molecule has 1 aliphatic heterocycles. The standard InChI is InChI=1S/C15H22N2O6S/c1-10-12(24(21,22)17-7-5-6-8-17)9-11(23-10)13(18)16(4)15(2,3)14(19)20/h9H,5-8H2,1-4H3,(H,19,20). The lowest BCUT2D eigenvalue weighted by molar-refractivity contribution is -0.147. The normalized spacial score (nSPS) is 16.3. The summed E-state index contributed by atoms with van der Waals surface area (Å²) < 4.78 is 31.9. The van der Waals surface area contributed by atoms with E-state index in [-0.39, 0.29) is 16.4 Å². The van der Waals surface area contributed by atoms with Crippen molar-refractivity contribution < 1.29 is 27.5 Å². The van der Waals surface area contributed by atoms with Gasteiger partial charge in [0.15, 0.2) is 5.76 Å². The summed E-state index contributed by atoms with van der Waals surface area (Å²) in [5.41, 5.74) is -1.45. The number of nitrogens with zero attached hydrogens (tertiary/aromatic N) is 2. The van der Waals surface area contributed by atoms with E-state index >= 15 is 0 Å². The third kappa shape index (κ3) is 3.05. The fraction of sp³-hybridized carbons (Fsp3) is 0.600. The SMILES string of the molecule is Cc1oc(C(=O)N(C)C(C)(C)C(=O)O)cc1S(=O)(=O)N1CCCC1. The minimum Gasteiger partial charge on any atom is -0.480 e. The summed E-state index contributed by atoms with van der Waals surface area (Å²) in [6.07, 6.45) is 1.61. The molecule has 24 heavy (non-hydrogen) atoms. The number of aliphatic carboxylic acids is 1. The molecule has 0 bridgehead atoms. The average Bonchev–Trinajstić information content (AvgIpc) is 3.15. The predicted molar refractivity (Wildman–Crippen MR) is 85.2 cm³/mol. The molecule has 0 saturated carbocycles. The quantitative estimate of drug-likeness (QED) is 0.850. The molecule has 1 N–H and O–H groups in total. The van der Waals surface area contributed by atoms with Gasteiger partial charge in [-0.25, -0.2) is 13.2 Å². The summed E-state index contributed by atoms with van der Waals surface area (Å²) in [5.74, 6) is -1.94. The van der Waals surface area contributed by atoms with E-state index < -0.39 is 27.4 Å². The van der Waals surface area contributed by atoms with Crippen molar-refractivity contribution >= 4 is 21.9 Å². The first-order valence-corrected chi connectivity index (χ1v) is 9.05. The molecule has 0 aromatic carbocycles. The summed E-state index contributed by atoms with van der Waals surface area (Å²) in [6.45, 7) is 5.13. The van der Waals surface area contributed by atoms with Gasteiger partial charge in [-0.3, -0.25) is 4.79 Å². The Labute approximate surface area is 141 Å². The molecule has 1 saturated heterocycles. The molecule has 1 aromatic heterocycles. The van der Waals surface area contributed by atoms with E-state index in [9.17, 15) is 23.1 Å². The van der Waals surface area contributed by atoms with Crippen LogP contribution < -0.4 is 0 Å². The first-order valence-electron chi connectivity index (χ1n) is 7.61. The number of hydrogen-bond donors (Lipinski definition) is 1. The molecule has 1 aromatic rings. The lowest BCUT2D eigenvalue weighted by Crippen LogP contribution is -2.50. The minimum absolute atomic E-state index is 0.0470. The number of hydrogen-bond acceptors (Lipinski definition) is 5. The largest absolute Gasteiger partial charge is 0.480 e. The number of rotatable bonds is 5. The van der Waals surface area contributed by atoms with Crippen LogP contribution in [0, 0.1) is 6.92 Å². The lowest BCUT2D eigenvalue weighted by atomic mass is 10.0. The third-order valence-electron chi connectivity index (χ3n) is 4.43. The van der Waals surface area contributed by atoms with Gasteiger partial charge in [-0.1, -0.05) is 0 Å². The Morgan fingerprint density at radius 3 is 2.33 bits per heavy atom. The summed E-state index contributed by atoms with van der Waals surface area (Å²) in [7, 11) is -2.37. The zero-order chi connectivity index (χ0) is 18.3. The second-order valence-electron chi connectivity index (χ2n) is 6.37. The van der Waals surface area contributed by atoms with Crippen LogP contribution in [0.1, 0.15) is 43.0 Å². The Balaban J connectivity index is 2.35. The van der Waals surface area contributed by atoms with Crippen LogP contribution in [0.15, 0.2) is 15.4 Å². The van der Waals surface area contributed by atoms with Gasteiger partial charge in [0.25, 0.3) is 5.91 Å². The van der Waals surface area contributed by atoms with Crippen LogP contribution in [-0.4, -0.2) is 60.3 Å². The molecule has 0 spiro atoms. The van der Waals surface area contributed by atoms with Crippen molar-refractivity contribution in [2.45, 2.75) is 44.0 Å². The van der Waals surface area contributed by atoms with Gasteiger partial charge in [0.05, 0.1) is 0 Å². The van der Waals surface area contributed by atoms with Gasteiger partial charge in [-0.15, -0.1) is 0 Å². The summed E-state index contributed by atoms with van der Waals surface area (Å²) >= 11 is 0. The zero-order valence-corrected chi connectivity index (χ0v) is 15.0. The topological polar surface area (TPSA) is 108 Å². The van der Waals surface area contributed by atoms with E-state index in [4.69, 9.17) is 4.42 Å². The first-order chi connectivity index (χ1) is 11.0. The Bertz CT molecular complexity index is 759. The van der Waals surface area contributed by atoms with Crippen LogP contribution in [0.3, 0.4) is 0 Å². The second-order valence-corrected chi connectivity index (χ2v) is 8.28. The van der Waals surface area contributed by atoms with Crippen molar-refractivity contribution in [1.29, 1.82) is 0 Å². The van der Waals surface area contributed by atoms with Crippen LogP contribution in [0.4, 0.5) is 0 Å². The fourth-order valence-electron chi connectivity index (χ4n) is 2.46. The van der Waals surface area contributed by atoms with Gasteiger partial charge in [-0.2, -0.15) is 4.31 Å². The number of aryl methyl sites for hydroxylation is 1. The van der Waals surface area contributed by atoms with Crippen LogP contribution >= 0.6 is 0 Å². The Morgan fingerprint density at radius 2 is 1.83 bits per heavy atom. The highest BCUT2D eigenvalue weighted by molar-refractivity contribution is 7.89. The van der Waals surface area contributed by atoms with Crippen LogP contribution in [0.5, 0.6) is 0 Å². The first kappa shape index (κ1) is 18.5. The van der Waals surface area contributed by atoms with E-state index in [0.29, 0.717) is 13.1 Å². The molecular weight excluding hydrogens is 336 g/mol. The molecule has 0 unspecified atom stereocenters. The van der Waals surface area contributed by atoms with Crippen molar-refractivity contribution in [2.24, 2.45) is 0 Å². The molecule has 134 valence electrons. The third-order valence-corrected chi connectivity index (χ3v) is 6.44. The van der Waals surface area contributed by atoms with Gasteiger partial charge in [0.1, 0.15) is 16.2 Å². The lowest BCUT2D eigenvalue weighted by Gasteiger charge is -2.30. The van der Waals surface area contributed by atoms with Crippen molar-refractivity contribution in [1.82, 2.24) is 9.21 Å². The number of carboxylic acid groups (broad SMARTS) is 1. The second kappa shape index (κ2) is 6.21. The van der Waals surface area contributed by atoms with Crippen LogP contribution in [0.2, 0.25) is 0 Å². The summed E-state index contributed by atoms with van der Waals surface area (Å²) in [4.78, 5) is 24.7. The monoisotopic (exact) mass is 358 g/mol. The predicted octanol–water partition coefficient (Wildman–Crippen LogP) is 1.31. The molecule has 0 aliphatic carbocycles.